The van der Waals surface area contributed by atoms with E-state index in [1.54, 1.807) is 0 Å². The van der Waals surface area contributed by atoms with Gasteiger partial charge in [-0.05, 0) is 6.07 Å². The van der Waals surface area contributed by atoms with Crippen LogP contribution in [0.5, 0.6) is 0 Å². The molecule has 1 heterocycles. The molecule has 0 bridgehead atoms. The molecule has 7 heteroatoms. The number of benzene rings is 1. The van der Waals surface area contributed by atoms with Crippen molar-refractivity contribution in [1.29, 1.82) is 0 Å². The number of nitro groups is 1. The number of non-ortho nitro benzene ring substituents is 1. The highest BCUT2D eigenvalue weighted by Crippen LogP contribution is 2.28. The molecule has 1 aromatic heterocycles. The standard InChI is InChI=1S/C8H5ClN4O2/c9-7-2-1-5(13(14)15)3-6(7)8-10-4-11-12-8/h1-4H,(H,10,11,12). The third kappa shape index (κ3) is 1.79. The molecule has 1 N–H and O–H groups in total. The van der Waals surface area contributed by atoms with Crippen LogP contribution in [0.4, 0.5) is 5.69 Å². The molecule has 1 aromatic carbocycles. The second kappa shape index (κ2) is 3.66. The van der Waals surface area contributed by atoms with E-state index in [0.717, 1.165) is 0 Å². The monoisotopic (exact) mass is 224 g/mol. The van der Waals surface area contributed by atoms with Gasteiger partial charge in [-0.2, -0.15) is 5.10 Å². The van der Waals surface area contributed by atoms with Crippen LogP contribution in [0.2, 0.25) is 5.02 Å². The van der Waals surface area contributed by atoms with Crippen molar-refractivity contribution in [3.05, 3.63) is 39.7 Å². The molecule has 0 amide bonds. The predicted molar refractivity (Wildman–Crippen MR) is 53.5 cm³/mol. The van der Waals surface area contributed by atoms with Crippen molar-refractivity contribution in [2.24, 2.45) is 0 Å². The Morgan fingerprint density at radius 1 is 1.47 bits per heavy atom. The van der Waals surface area contributed by atoms with E-state index in [-0.39, 0.29) is 5.69 Å². The lowest BCUT2D eigenvalue weighted by Crippen LogP contribution is -1.90. The average molecular weight is 225 g/mol. The van der Waals surface area contributed by atoms with Gasteiger partial charge in [0, 0.05) is 17.7 Å². The van der Waals surface area contributed by atoms with E-state index in [4.69, 9.17) is 11.6 Å². The summed E-state index contributed by atoms with van der Waals surface area (Å²) in [6.07, 6.45) is 1.31. The fourth-order valence-corrected chi connectivity index (χ4v) is 1.35. The first-order valence-corrected chi connectivity index (χ1v) is 4.36. The number of halogens is 1. The van der Waals surface area contributed by atoms with Gasteiger partial charge in [-0.25, -0.2) is 4.98 Å². The molecule has 0 saturated heterocycles. The van der Waals surface area contributed by atoms with Crippen LogP contribution in [0.25, 0.3) is 11.4 Å². The van der Waals surface area contributed by atoms with Crippen molar-refractivity contribution >= 4 is 17.3 Å². The van der Waals surface area contributed by atoms with Crippen molar-refractivity contribution in [2.75, 3.05) is 0 Å². The fraction of sp³-hybridized carbons (Fsp3) is 0. The van der Waals surface area contributed by atoms with Gasteiger partial charge in [0.05, 0.1) is 9.95 Å². The van der Waals surface area contributed by atoms with Crippen LogP contribution in [0.15, 0.2) is 24.5 Å². The highest BCUT2D eigenvalue weighted by molar-refractivity contribution is 6.33. The van der Waals surface area contributed by atoms with Gasteiger partial charge in [-0.15, -0.1) is 0 Å². The van der Waals surface area contributed by atoms with E-state index < -0.39 is 4.92 Å². The Hall–Kier alpha value is -1.95. The highest BCUT2D eigenvalue weighted by Gasteiger charge is 2.12. The number of hydrogen-bond acceptors (Lipinski definition) is 4. The smallest absolute Gasteiger partial charge is 0.259 e. The molecule has 76 valence electrons. The first-order valence-electron chi connectivity index (χ1n) is 3.98. The molecular weight excluding hydrogens is 220 g/mol. The van der Waals surface area contributed by atoms with E-state index in [1.807, 2.05) is 0 Å². The molecule has 0 atom stereocenters. The van der Waals surface area contributed by atoms with Crippen molar-refractivity contribution < 1.29 is 4.92 Å². The lowest BCUT2D eigenvalue weighted by Gasteiger charge is -1.99. The lowest BCUT2D eigenvalue weighted by atomic mass is 10.2. The summed E-state index contributed by atoms with van der Waals surface area (Å²) in [5, 5.41) is 17.2. The number of H-pyrrole nitrogens is 1. The molecule has 2 rings (SSSR count). The summed E-state index contributed by atoms with van der Waals surface area (Å²) in [5.41, 5.74) is 0.425. The predicted octanol–water partition coefficient (Wildman–Crippen LogP) is 2.03. The van der Waals surface area contributed by atoms with Crippen LogP contribution in [-0.2, 0) is 0 Å². The number of nitrogens with zero attached hydrogens (tertiary/aromatic N) is 3. The van der Waals surface area contributed by atoms with Crippen molar-refractivity contribution in [3.63, 3.8) is 0 Å². The zero-order valence-electron chi connectivity index (χ0n) is 7.35. The average Bonchev–Trinajstić information content (AvgIpc) is 2.71. The van der Waals surface area contributed by atoms with E-state index in [2.05, 4.69) is 15.2 Å². The minimum Gasteiger partial charge on any atom is -0.259 e. The maximum Gasteiger partial charge on any atom is 0.270 e. The summed E-state index contributed by atoms with van der Waals surface area (Å²) in [6.45, 7) is 0. The van der Waals surface area contributed by atoms with Gasteiger partial charge in [-0.1, -0.05) is 11.6 Å². The van der Waals surface area contributed by atoms with Crippen molar-refractivity contribution in [1.82, 2.24) is 15.2 Å². The van der Waals surface area contributed by atoms with Gasteiger partial charge < -0.3 is 0 Å². The third-order valence-electron chi connectivity index (χ3n) is 1.83. The van der Waals surface area contributed by atoms with Crippen LogP contribution in [0, 0.1) is 10.1 Å². The number of aromatic nitrogens is 3. The molecule has 0 fully saturated rings. The summed E-state index contributed by atoms with van der Waals surface area (Å²) in [4.78, 5) is 13.9. The maximum atomic E-state index is 10.6. The summed E-state index contributed by atoms with van der Waals surface area (Å²) in [6, 6.07) is 4.14. The summed E-state index contributed by atoms with van der Waals surface area (Å²) in [5.74, 6) is 0.406. The Balaban J connectivity index is 2.55. The molecule has 15 heavy (non-hydrogen) atoms. The second-order valence-electron chi connectivity index (χ2n) is 2.76. The second-order valence-corrected chi connectivity index (χ2v) is 3.16. The van der Waals surface area contributed by atoms with Gasteiger partial charge in [0.25, 0.3) is 5.69 Å². The Labute approximate surface area is 89.1 Å². The fourth-order valence-electron chi connectivity index (χ4n) is 1.14. The Morgan fingerprint density at radius 3 is 2.87 bits per heavy atom. The molecule has 0 aliphatic carbocycles. The van der Waals surface area contributed by atoms with Gasteiger partial charge in [0.1, 0.15) is 6.33 Å². The maximum absolute atomic E-state index is 10.6. The van der Waals surface area contributed by atoms with Crippen LogP contribution in [0.1, 0.15) is 0 Å². The quantitative estimate of drug-likeness (QED) is 0.625. The number of hydrogen-bond donors (Lipinski definition) is 1. The van der Waals surface area contributed by atoms with Crippen LogP contribution >= 0.6 is 11.6 Å². The molecule has 0 saturated carbocycles. The number of nitrogens with one attached hydrogen (secondary N) is 1. The van der Waals surface area contributed by atoms with Gasteiger partial charge in [-0.3, -0.25) is 15.2 Å². The van der Waals surface area contributed by atoms with E-state index in [9.17, 15) is 10.1 Å². The number of rotatable bonds is 2. The van der Waals surface area contributed by atoms with E-state index >= 15 is 0 Å². The number of aromatic amines is 1. The summed E-state index contributed by atoms with van der Waals surface area (Å²) in [7, 11) is 0. The van der Waals surface area contributed by atoms with E-state index in [0.29, 0.717) is 16.4 Å². The Morgan fingerprint density at radius 2 is 2.27 bits per heavy atom. The molecule has 0 radical (unpaired) electrons. The molecular formula is C8H5ClN4O2. The van der Waals surface area contributed by atoms with Gasteiger partial charge >= 0.3 is 0 Å². The molecule has 0 unspecified atom stereocenters. The normalized spacial score (nSPS) is 10.2. The van der Waals surface area contributed by atoms with E-state index in [1.165, 1.54) is 24.5 Å². The van der Waals surface area contributed by atoms with Crippen molar-refractivity contribution in [2.45, 2.75) is 0 Å². The number of nitro benzene ring substituents is 1. The minimum absolute atomic E-state index is 0.0363. The topological polar surface area (TPSA) is 84.7 Å². The van der Waals surface area contributed by atoms with Crippen molar-refractivity contribution in [3.8, 4) is 11.4 Å². The lowest BCUT2D eigenvalue weighted by molar-refractivity contribution is -0.384. The Bertz CT molecular complexity index is 497. The zero-order chi connectivity index (χ0) is 10.8. The molecule has 6 nitrogen and oxygen atoms in total. The molecule has 0 spiro atoms. The summed E-state index contributed by atoms with van der Waals surface area (Å²) >= 11 is 5.88. The van der Waals surface area contributed by atoms with Crippen LogP contribution in [0.3, 0.4) is 0 Å². The molecule has 0 aliphatic rings. The largest absolute Gasteiger partial charge is 0.270 e. The zero-order valence-corrected chi connectivity index (χ0v) is 8.10. The minimum atomic E-state index is -0.490. The van der Waals surface area contributed by atoms with Crippen LogP contribution < -0.4 is 0 Å². The van der Waals surface area contributed by atoms with Gasteiger partial charge in [0.2, 0.25) is 0 Å². The Kier molecular flexibility index (Phi) is 2.34. The molecule has 0 aliphatic heterocycles. The van der Waals surface area contributed by atoms with Gasteiger partial charge in [0.15, 0.2) is 5.82 Å². The first kappa shape index (κ1) is 9.60. The third-order valence-corrected chi connectivity index (χ3v) is 2.16. The summed E-state index contributed by atoms with van der Waals surface area (Å²) < 4.78 is 0. The highest BCUT2D eigenvalue weighted by atomic mass is 35.5. The molecule has 2 aromatic rings. The van der Waals surface area contributed by atoms with Crippen LogP contribution in [-0.4, -0.2) is 20.1 Å². The SMILES string of the molecule is O=[N+]([O-])c1ccc(Cl)c(-c2ncn[nH]2)c1. The first-order chi connectivity index (χ1) is 7.18.